The Balaban J connectivity index is 1.98. The molecule has 1 aromatic heterocycles. The fourth-order valence-corrected chi connectivity index (χ4v) is 3.62. The second-order valence-electron chi connectivity index (χ2n) is 6.34. The van der Waals surface area contributed by atoms with E-state index in [0.29, 0.717) is 5.56 Å². The van der Waals surface area contributed by atoms with Crippen LogP contribution in [-0.4, -0.2) is 33.7 Å². The largest absolute Gasteiger partial charge is 0.358 e. The lowest BCUT2D eigenvalue weighted by molar-refractivity contribution is -0.132. The first-order valence-electron chi connectivity index (χ1n) is 7.95. The normalized spacial score (nSPS) is 22.0. The molecule has 4 heteroatoms. The number of para-hydroxylation sites is 1. The number of nitrogens with one attached hydrogen (secondary N) is 1. The Morgan fingerprint density at radius 1 is 1.14 bits per heavy atom. The van der Waals surface area contributed by atoms with E-state index in [-0.39, 0.29) is 18.0 Å². The zero-order valence-electron chi connectivity index (χ0n) is 13.3. The molecule has 2 aromatic rings. The fourth-order valence-electron chi connectivity index (χ4n) is 3.62. The van der Waals surface area contributed by atoms with Crippen molar-refractivity contribution in [3.63, 3.8) is 0 Å². The number of aromatic nitrogens is 1. The van der Waals surface area contributed by atoms with E-state index in [1.165, 1.54) is 0 Å². The molecule has 0 aliphatic carbocycles. The fraction of sp³-hybridized carbons (Fsp3) is 0.444. The number of benzene rings is 1. The second-order valence-corrected chi connectivity index (χ2v) is 6.34. The summed E-state index contributed by atoms with van der Waals surface area (Å²) in [6.07, 6.45) is 3.05. The van der Waals surface area contributed by atoms with Crippen LogP contribution >= 0.6 is 0 Å². The monoisotopic (exact) mass is 298 g/mol. The molecule has 2 atom stereocenters. The van der Waals surface area contributed by atoms with E-state index >= 15 is 0 Å². The van der Waals surface area contributed by atoms with E-state index in [0.717, 1.165) is 35.9 Å². The number of carbonyl (C=O) groups is 2. The van der Waals surface area contributed by atoms with Crippen LogP contribution in [-0.2, 0) is 4.79 Å². The van der Waals surface area contributed by atoms with E-state index < -0.39 is 5.78 Å². The van der Waals surface area contributed by atoms with Gasteiger partial charge in [-0.15, -0.1) is 0 Å². The Kier molecular flexibility index (Phi) is 3.77. The number of ketones is 1. The van der Waals surface area contributed by atoms with Gasteiger partial charge in [-0.1, -0.05) is 18.2 Å². The summed E-state index contributed by atoms with van der Waals surface area (Å²) < 4.78 is 0. The number of Topliss-reactive ketones (excluding diaryl/α,β-unsaturated/α-hetero) is 1. The Morgan fingerprint density at radius 2 is 1.77 bits per heavy atom. The predicted molar refractivity (Wildman–Crippen MR) is 87.0 cm³/mol. The number of aryl methyl sites for hydroxylation is 1. The van der Waals surface area contributed by atoms with Crippen LogP contribution in [0.25, 0.3) is 10.9 Å². The molecule has 22 heavy (non-hydrogen) atoms. The van der Waals surface area contributed by atoms with Crippen LogP contribution in [0.4, 0.5) is 0 Å². The zero-order chi connectivity index (χ0) is 15.9. The van der Waals surface area contributed by atoms with Gasteiger partial charge in [0.25, 0.3) is 11.7 Å². The van der Waals surface area contributed by atoms with Gasteiger partial charge in [-0.2, -0.15) is 0 Å². The van der Waals surface area contributed by atoms with Crippen molar-refractivity contribution in [2.75, 3.05) is 0 Å². The Bertz CT molecular complexity index is 722. The molecule has 0 bridgehead atoms. The topological polar surface area (TPSA) is 53.2 Å². The molecule has 0 unspecified atom stereocenters. The maximum absolute atomic E-state index is 12.8. The third-order valence-corrected chi connectivity index (χ3v) is 4.74. The van der Waals surface area contributed by atoms with Crippen LogP contribution in [0.1, 0.15) is 49.2 Å². The van der Waals surface area contributed by atoms with E-state index in [4.69, 9.17) is 0 Å². The molecule has 1 aromatic carbocycles. The first-order valence-corrected chi connectivity index (χ1v) is 7.95. The van der Waals surface area contributed by atoms with E-state index in [1.807, 2.05) is 45.0 Å². The van der Waals surface area contributed by atoms with Gasteiger partial charge in [-0.05, 0) is 46.1 Å². The number of fused-ring (bicyclic) bond motifs is 1. The molecule has 1 fully saturated rings. The van der Waals surface area contributed by atoms with Crippen molar-refractivity contribution < 1.29 is 9.59 Å². The molecular formula is C18H22N2O2. The highest BCUT2D eigenvalue weighted by Gasteiger charge is 2.34. The van der Waals surface area contributed by atoms with Gasteiger partial charge in [-0.25, -0.2) is 0 Å². The van der Waals surface area contributed by atoms with Gasteiger partial charge in [0.05, 0.1) is 5.56 Å². The van der Waals surface area contributed by atoms with Crippen molar-refractivity contribution in [2.45, 2.75) is 52.1 Å². The summed E-state index contributed by atoms with van der Waals surface area (Å²) in [5.74, 6) is -0.761. The standard InChI is InChI=1S/C18H22N2O2/c1-11-7-6-8-12(2)20(11)18(22)17(21)16-13(3)19-15-10-5-4-9-14(15)16/h4-5,9-12,19H,6-8H2,1-3H3/t11-,12-/m1/s1. The molecule has 2 heterocycles. The number of nitrogens with zero attached hydrogens (tertiary/aromatic N) is 1. The van der Waals surface area contributed by atoms with Crippen LogP contribution in [0.2, 0.25) is 0 Å². The summed E-state index contributed by atoms with van der Waals surface area (Å²) in [5, 5.41) is 0.829. The predicted octanol–water partition coefficient (Wildman–Crippen LogP) is 3.45. The summed E-state index contributed by atoms with van der Waals surface area (Å²) >= 11 is 0. The molecule has 1 amide bonds. The minimum Gasteiger partial charge on any atom is -0.358 e. The SMILES string of the molecule is Cc1[nH]c2ccccc2c1C(=O)C(=O)N1[C@H](C)CCC[C@H]1C. The van der Waals surface area contributed by atoms with Crippen molar-refractivity contribution in [2.24, 2.45) is 0 Å². The van der Waals surface area contributed by atoms with E-state index in [1.54, 1.807) is 4.90 Å². The van der Waals surface area contributed by atoms with Crippen LogP contribution < -0.4 is 0 Å². The third kappa shape index (κ3) is 2.32. The van der Waals surface area contributed by atoms with Crippen LogP contribution in [0.5, 0.6) is 0 Å². The first kappa shape index (κ1) is 14.8. The van der Waals surface area contributed by atoms with Gasteiger partial charge < -0.3 is 9.88 Å². The molecule has 0 saturated carbocycles. The quantitative estimate of drug-likeness (QED) is 0.682. The minimum atomic E-state index is -0.393. The lowest BCUT2D eigenvalue weighted by Gasteiger charge is -2.38. The van der Waals surface area contributed by atoms with Crippen LogP contribution in [0, 0.1) is 6.92 Å². The summed E-state index contributed by atoms with van der Waals surface area (Å²) in [5.41, 5.74) is 2.18. The van der Waals surface area contributed by atoms with Gasteiger partial charge in [0.2, 0.25) is 0 Å². The number of piperidine rings is 1. The van der Waals surface area contributed by atoms with Gasteiger partial charge in [0, 0.05) is 28.7 Å². The molecule has 1 saturated heterocycles. The summed E-state index contributed by atoms with van der Waals surface area (Å²) in [6.45, 7) is 5.91. The molecule has 1 N–H and O–H groups in total. The average Bonchev–Trinajstić information content (AvgIpc) is 2.82. The number of likely N-dealkylation sites (tertiary alicyclic amines) is 1. The Labute approximate surface area is 130 Å². The van der Waals surface area contributed by atoms with Gasteiger partial charge in [-0.3, -0.25) is 9.59 Å². The smallest absolute Gasteiger partial charge is 0.295 e. The Morgan fingerprint density at radius 3 is 2.45 bits per heavy atom. The number of hydrogen-bond donors (Lipinski definition) is 1. The molecule has 0 spiro atoms. The summed E-state index contributed by atoms with van der Waals surface area (Å²) in [6, 6.07) is 7.89. The number of carbonyl (C=O) groups excluding carboxylic acids is 2. The number of hydrogen-bond acceptors (Lipinski definition) is 2. The van der Waals surface area contributed by atoms with E-state index in [2.05, 4.69) is 4.98 Å². The van der Waals surface area contributed by atoms with Gasteiger partial charge >= 0.3 is 0 Å². The average molecular weight is 298 g/mol. The van der Waals surface area contributed by atoms with Crippen molar-refractivity contribution in [3.8, 4) is 0 Å². The highest BCUT2D eigenvalue weighted by atomic mass is 16.2. The molecule has 1 aliphatic rings. The lowest BCUT2D eigenvalue weighted by atomic mass is 9.95. The lowest BCUT2D eigenvalue weighted by Crippen LogP contribution is -2.50. The van der Waals surface area contributed by atoms with Crippen molar-refractivity contribution in [3.05, 3.63) is 35.5 Å². The van der Waals surface area contributed by atoms with Crippen molar-refractivity contribution >= 4 is 22.6 Å². The number of amides is 1. The molecular weight excluding hydrogens is 276 g/mol. The molecule has 4 nitrogen and oxygen atoms in total. The number of rotatable bonds is 2. The molecule has 3 rings (SSSR count). The van der Waals surface area contributed by atoms with Gasteiger partial charge in [0.15, 0.2) is 0 Å². The molecule has 1 aliphatic heterocycles. The van der Waals surface area contributed by atoms with Crippen molar-refractivity contribution in [1.29, 1.82) is 0 Å². The highest BCUT2D eigenvalue weighted by molar-refractivity contribution is 6.45. The highest BCUT2D eigenvalue weighted by Crippen LogP contribution is 2.26. The summed E-state index contributed by atoms with van der Waals surface area (Å²) in [7, 11) is 0. The minimum absolute atomic E-state index is 0.130. The second kappa shape index (κ2) is 5.59. The first-order chi connectivity index (χ1) is 10.5. The zero-order valence-corrected chi connectivity index (χ0v) is 13.3. The summed E-state index contributed by atoms with van der Waals surface area (Å²) in [4.78, 5) is 30.6. The maximum Gasteiger partial charge on any atom is 0.295 e. The van der Waals surface area contributed by atoms with Crippen LogP contribution in [0.15, 0.2) is 24.3 Å². The molecule has 116 valence electrons. The van der Waals surface area contributed by atoms with Crippen LogP contribution in [0.3, 0.4) is 0 Å². The maximum atomic E-state index is 12.8. The number of aromatic amines is 1. The third-order valence-electron chi connectivity index (χ3n) is 4.74. The number of H-pyrrole nitrogens is 1. The Hall–Kier alpha value is -2.10. The van der Waals surface area contributed by atoms with Gasteiger partial charge in [0.1, 0.15) is 0 Å². The van der Waals surface area contributed by atoms with Crippen molar-refractivity contribution in [1.82, 2.24) is 9.88 Å². The molecule has 0 radical (unpaired) electrons. The van der Waals surface area contributed by atoms with E-state index in [9.17, 15) is 9.59 Å².